The quantitative estimate of drug-likeness (QED) is 0.846. The maximum absolute atomic E-state index is 12.3. The van der Waals surface area contributed by atoms with Crippen LogP contribution in [0.4, 0.5) is 5.69 Å². The van der Waals surface area contributed by atoms with E-state index in [4.69, 9.17) is 10.5 Å². The molecule has 2 N–H and O–H groups in total. The van der Waals surface area contributed by atoms with E-state index in [1.54, 1.807) is 0 Å². The van der Waals surface area contributed by atoms with Gasteiger partial charge in [0.1, 0.15) is 0 Å². The summed E-state index contributed by atoms with van der Waals surface area (Å²) in [5, 5.41) is 0. The van der Waals surface area contributed by atoms with Crippen LogP contribution in [-0.2, 0) is 16.0 Å². The molecule has 1 aliphatic heterocycles. The Morgan fingerprint density at radius 1 is 1.37 bits per heavy atom. The number of morpholine rings is 1. The predicted molar refractivity (Wildman–Crippen MR) is 75.8 cm³/mol. The fraction of sp³-hybridized carbons (Fsp3) is 0.533. The van der Waals surface area contributed by atoms with Crippen LogP contribution in [0.3, 0.4) is 0 Å². The second-order valence-corrected chi connectivity index (χ2v) is 5.19. The first-order valence-corrected chi connectivity index (χ1v) is 6.86. The Balaban J connectivity index is 1.97. The van der Waals surface area contributed by atoms with Gasteiger partial charge in [0.05, 0.1) is 18.6 Å². The molecule has 2 atom stereocenters. The van der Waals surface area contributed by atoms with Crippen molar-refractivity contribution < 1.29 is 9.53 Å². The van der Waals surface area contributed by atoms with E-state index in [2.05, 4.69) is 6.92 Å². The molecule has 19 heavy (non-hydrogen) atoms. The van der Waals surface area contributed by atoms with Crippen LogP contribution < -0.4 is 5.73 Å². The molecule has 0 radical (unpaired) electrons. The van der Waals surface area contributed by atoms with Crippen LogP contribution in [0.15, 0.2) is 24.3 Å². The Kier molecular flexibility index (Phi) is 4.43. The van der Waals surface area contributed by atoms with Crippen molar-refractivity contribution in [1.82, 2.24) is 4.90 Å². The highest BCUT2D eigenvalue weighted by molar-refractivity contribution is 5.79. The van der Waals surface area contributed by atoms with Crippen LogP contribution in [-0.4, -0.2) is 36.1 Å². The van der Waals surface area contributed by atoms with E-state index < -0.39 is 0 Å². The van der Waals surface area contributed by atoms with Gasteiger partial charge in [-0.3, -0.25) is 4.79 Å². The highest BCUT2D eigenvalue weighted by Crippen LogP contribution is 2.15. The summed E-state index contributed by atoms with van der Waals surface area (Å²) in [5.41, 5.74) is 7.37. The van der Waals surface area contributed by atoms with Crippen LogP contribution in [0.5, 0.6) is 0 Å². The number of amides is 1. The number of hydrogen-bond acceptors (Lipinski definition) is 3. The van der Waals surface area contributed by atoms with Gasteiger partial charge in [-0.1, -0.05) is 19.1 Å². The molecule has 2 rings (SSSR count). The number of rotatable bonds is 3. The molecule has 2 unspecified atom stereocenters. The zero-order valence-corrected chi connectivity index (χ0v) is 11.6. The van der Waals surface area contributed by atoms with Gasteiger partial charge < -0.3 is 15.4 Å². The van der Waals surface area contributed by atoms with Gasteiger partial charge in [0.15, 0.2) is 0 Å². The zero-order chi connectivity index (χ0) is 13.8. The molecule has 1 amide bonds. The number of ether oxygens (including phenoxy) is 1. The van der Waals surface area contributed by atoms with E-state index in [1.165, 1.54) is 0 Å². The molecule has 0 bridgehead atoms. The summed E-state index contributed by atoms with van der Waals surface area (Å²) in [4.78, 5) is 14.2. The molecule has 0 spiro atoms. The number of benzene rings is 1. The van der Waals surface area contributed by atoms with Gasteiger partial charge in [-0.2, -0.15) is 0 Å². The van der Waals surface area contributed by atoms with E-state index in [9.17, 15) is 4.79 Å². The molecule has 4 heteroatoms. The lowest BCUT2D eigenvalue weighted by Gasteiger charge is -2.36. The van der Waals surface area contributed by atoms with E-state index in [0.717, 1.165) is 17.7 Å². The molecule has 1 aromatic carbocycles. The largest absolute Gasteiger partial charge is 0.399 e. The summed E-state index contributed by atoms with van der Waals surface area (Å²) in [6.45, 7) is 5.50. The van der Waals surface area contributed by atoms with Crippen molar-refractivity contribution >= 4 is 11.6 Å². The fourth-order valence-corrected chi connectivity index (χ4v) is 2.40. The molecule has 1 aliphatic rings. The first-order chi connectivity index (χ1) is 9.08. The van der Waals surface area contributed by atoms with Crippen LogP contribution in [0, 0.1) is 0 Å². The third-order valence-corrected chi connectivity index (χ3v) is 3.47. The summed E-state index contributed by atoms with van der Waals surface area (Å²) in [7, 11) is 0. The number of hydrogen-bond donors (Lipinski definition) is 1. The van der Waals surface area contributed by atoms with Crippen LogP contribution >= 0.6 is 0 Å². The molecule has 1 fully saturated rings. The normalized spacial score (nSPS) is 23.4. The zero-order valence-electron chi connectivity index (χ0n) is 11.6. The topological polar surface area (TPSA) is 55.6 Å². The lowest BCUT2D eigenvalue weighted by Crippen LogP contribution is -2.49. The first kappa shape index (κ1) is 13.9. The molecule has 0 aromatic heterocycles. The number of nitrogens with zero attached hydrogens (tertiary/aromatic N) is 1. The van der Waals surface area contributed by atoms with Crippen molar-refractivity contribution in [1.29, 1.82) is 0 Å². The maximum Gasteiger partial charge on any atom is 0.227 e. The van der Waals surface area contributed by atoms with Crippen molar-refractivity contribution in [2.75, 3.05) is 18.8 Å². The average molecular weight is 262 g/mol. The SMILES string of the molecule is CCC1CN(C(=O)Cc2ccc(N)cc2)CC(C)O1. The molecular weight excluding hydrogens is 240 g/mol. The van der Waals surface area contributed by atoms with Gasteiger partial charge in [0.25, 0.3) is 0 Å². The molecule has 1 saturated heterocycles. The minimum Gasteiger partial charge on any atom is -0.399 e. The number of carbonyl (C=O) groups is 1. The molecule has 1 aromatic rings. The summed E-state index contributed by atoms with van der Waals surface area (Å²) in [6, 6.07) is 7.49. The van der Waals surface area contributed by atoms with Gasteiger partial charge in [-0.15, -0.1) is 0 Å². The number of carbonyl (C=O) groups excluding carboxylic acids is 1. The summed E-state index contributed by atoms with van der Waals surface area (Å²) in [6.07, 6.45) is 1.66. The Hall–Kier alpha value is -1.55. The van der Waals surface area contributed by atoms with E-state index in [0.29, 0.717) is 19.5 Å². The van der Waals surface area contributed by atoms with Crippen molar-refractivity contribution in [2.24, 2.45) is 0 Å². The first-order valence-electron chi connectivity index (χ1n) is 6.86. The Labute approximate surface area is 114 Å². The smallest absolute Gasteiger partial charge is 0.227 e. The van der Waals surface area contributed by atoms with Crippen LogP contribution in [0.2, 0.25) is 0 Å². The standard InChI is InChI=1S/C15H22N2O2/c1-3-14-10-17(9-11(2)19-14)15(18)8-12-4-6-13(16)7-5-12/h4-7,11,14H,3,8-10,16H2,1-2H3. The summed E-state index contributed by atoms with van der Waals surface area (Å²) in [5.74, 6) is 0.165. The lowest BCUT2D eigenvalue weighted by molar-refractivity contribution is -0.143. The van der Waals surface area contributed by atoms with Gasteiger partial charge in [-0.05, 0) is 31.0 Å². The Bertz CT molecular complexity index is 430. The van der Waals surface area contributed by atoms with Crippen LogP contribution in [0.1, 0.15) is 25.8 Å². The third kappa shape index (κ3) is 3.70. The average Bonchev–Trinajstić information content (AvgIpc) is 2.40. The number of nitrogen functional groups attached to an aromatic ring is 1. The molecule has 0 aliphatic carbocycles. The van der Waals surface area contributed by atoms with E-state index in [-0.39, 0.29) is 18.1 Å². The minimum absolute atomic E-state index is 0.120. The maximum atomic E-state index is 12.3. The van der Waals surface area contributed by atoms with Crippen LogP contribution in [0.25, 0.3) is 0 Å². The van der Waals surface area contributed by atoms with Crippen molar-refractivity contribution in [3.05, 3.63) is 29.8 Å². The number of nitrogens with two attached hydrogens (primary N) is 1. The van der Waals surface area contributed by atoms with Gasteiger partial charge >= 0.3 is 0 Å². The van der Waals surface area contributed by atoms with E-state index >= 15 is 0 Å². The third-order valence-electron chi connectivity index (χ3n) is 3.47. The van der Waals surface area contributed by atoms with E-state index in [1.807, 2.05) is 36.1 Å². The number of anilines is 1. The van der Waals surface area contributed by atoms with Crippen molar-refractivity contribution in [2.45, 2.75) is 38.9 Å². The predicted octanol–water partition coefficient (Wildman–Crippen LogP) is 1.84. The summed E-state index contributed by atoms with van der Waals surface area (Å²) < 4.78 is 5.77. The fourth-order valence-electron chi connectivity index (χ4n) is 2.40. The second-order valence-electron chi connectivity index (χ2n) is 5.19. The highest BCUT2D eigenvalue weighted by Gasteiger charge is 2.27. The highest BCUT2D eigenvalue weighted by atomic mass is 16.5. The molecule has 0 saturated carbocycles. The lowest BCUT2D eigenvalue weighted by atomic mass is 10.1. The second kappa shape index (κ2) is 6.06. The molecule has 104 valence electrons. The van der Waals surface area contributed by atoms with Crippen molar-refractivity contribution in [3.63, 3.8) is 0 Å². The Morgan fingerprint density at radius 2 is 2.05 bits per heavy atom. The van der Waals surface area contributed by atoms with Gasteiger partial charge in [-0.25, -0.2) is 0 Å². The molecular formula is C15H22N2O2. The van der Waals surface area contributed by atoms with Gasteiger partial charge in [0.2, 0.25) is 5.91 Å². The molecule has 1 heterocycles. The van der Waals surface area contributed by atoms with Gasteiger partial charge in [0, 0.05) is 18.8 Å². The monoisotopic (exact) mass is 262 g/mol. The Morgan fingerprint density at radius 3 is 2.68 bits per heavy atom. The summed E-state index contributed by atoms with van der Waals surface area (Å²) >= 11 is 0. The minimum atomic E-state index is 0.120. The van der Waals surface area contributed by atoms with Crippen molar-refractivity contribution in [3.8, 4) is 0 Å². The molecule has 4 nitrogen and oxygen atoms in total.